The zero-order valence-corrected chi connectivity index (χ0v) is 12.0. The van der Waals surface area contributed by atoms with Crippen molar-refractivity contribution in [3.05, 3.63) is 29.8 Å². The number of carbonyl (C=O) groups excluding carboxylic acids is 1. The predicted octanol–water partition coefficient (Wildman–Crippen LogP) is 2.02. The van der Waals surface area contributed by atoms with Crippen LogP contribution < -0.4 is 0 Å². The van der Waals surface area contributed by atoms with Gasteiger partial charge in [-0.05, 0) is 24.6 Å². The van der Waals surface area contributed by atoms with Crippen molar-refractivity contribution in [2.45, 2.75) is 31.2 Å². The fourth-order valence-electron chi connectivity index (χ4n) is 1.68. The maximum Gasteiger partial charge on any atom is 0.222 e. The van der Waals surface area contributed by atoms with Crippen LogP contribution in [0.4, 0.5) is 0 Å². The lowest BCUT2D eigenvalue weighted by Gasteiger charge is -2.25. The van der Waals surface area contributed by atoms with E-state index in [4.69, 9.17) is 0 Å². The molecule has 0 aliphatic heterocycles. The summed E-state index contributed by atoms with van der Waals surface area (Å²) in [4.78, 5) is 13.5. The van der Waals surface area contributed by atoms with Crippen molar-refractivity contribution < 1.29 is 13.2 Å². The Kier molecular flexibility index (Phi) is 4.51. The van der Waals surface area contributed by atoms with Crippen molar-refractivity contribution in [3.8, 4) is 0 Å². The Balaban J connectivity index is 2.95. The van der Waals surface area contributed by atoms with Crippen LogP contribution in [-0.4, -0.2) is 32.5 Å². The summed E-state index contributed by atoms with van der Waals surface area (Å²) in [6.45, 7) is 3.74. The van der Waals surface area contributed by atoms with Gasteiger partial charge in [-0.15, -0.1) is 0 Å². The third-order valence-electron chi connectivity index (χ3n) is 3.07. The number of benzene rings is 1. The molecular formula is C13H19NO3S. The third kappa shape index (κ3) is 3.32. The summed E-state index contributed by atoms with van der Waals surface area (Å²) >= 11 is 0. The van der Waals surface area contributed by atoms with Gasteiger partial charge in [0.1, 0.15) is 0 Å². The standard InChI is InChI=1S/C13H19NO3S/c1-5-13(15)14(3)10(2)11-6-8-12(9-7-11)18(4,16)17/h6-10H,5H2,1-4H3/t10-/m0/s1. The minimum Gasteiger partial charge on any atom is -0.339 e. The van der Waals surface area contributed by atoms with Crippen LogP contribution in [0.5, 0.6) is 0 Å². The topological polar surface area (TPSA) is 54.5 Å². The van der Waals surface area contributed by atoms with E-state index in [9.17, 15) is 13.2 Å². The van der Waals surface area contributed by atoms with Crippen LogP contribution in [0, 0.1) is 0 Å². The second-order valence-corrected chi connectivity index (χ2v) is 6.39. The largest absolute Gasteiger partial charge is 0.339 e. The van der Waals surface area contributed by atoms with E-state index in [1.807, 2.05) is 13.8 Å². The number of carbonyl (C=O) groups is 1. The number of rotatable bonds is 4. The van der Waals surface area contributed by atoms with Crippen molar-refractivity contribution in [3.63, 3.8) is 0 Å². The molecule has 1 atom stereocenters. The van der Waals surface area contributed by atoms with Gasteiger partial charge in [-0.2, -0.15) is 0 Å². The first kappa shape index (κ1) is 14.7. The van der Waals surface area contributed by atoms with Gasteiger partial charge in [-0.3, -0.25) is 4.79 Å². The third-order valence-corrected chi connectivity index (χ3v) is 4.20. The number of amides is 1. The predicted molar refractivity (Wildman–Crippen MR) is 71.0 cm³/mol. The van der Waals surface area contributed by atoms with E-state index in [0.29, 0.717) is 11.3 Å². The Morgan fingerprint density at radius 3 is 2.17 bits per heavy atom. The highest BCUT2D eigenvalue weighted by molar-refractivity contribution is 7.90. The Bertz CT molecular complexity index is 520. The van der Waals surface area contributed by atoms with Crippen LogP contribution in [0.2, 0.25) is 0 Å². The molecule has 0 unspecified atom stereocenters. The highest BCUT2D eigenvalue weighted by atomic mass is 32.2. The average Bonchev–Trinajstić information content (AvgIpc) is 2.35. The molecule has 100 valence electrons. The molecule has 0 N–H and O–H groups in total. The molecule has 0 saturated carbocycles. The van der Waals surface area contributed by atoms with Crippen molar-refractivity contribution in [2.24, 2.45) is 0 Å². The van der Waals surface area contributed by atoms with Crippen molar-refractivity contribution in [2.75, 3.05) is 13.3 Å². The Morgan fingerprint density at radius 2 is 1.78 bits per heavy atom. The van der Waals surface area contributed by atoms with Gasteiger partial charge in [-0.1, -0.05) is 19.1 Å². The van der Waals surface area contributed by atoms with Crippen molar-refractivity contribution >= 4 is 15.7 Å². The minimum absolute atomic E-state index is 0.0638. The van der Waals surface area contributed by atoms with Crippen LogP contribution in [-0.2, 0) is 14.6 Å². The minimum atomic E-state index is -3.17. The van der Waals surface area contributed by atoms with Gasteiger partial charge < -0.3 is 4.90 Å². The number of nitrogens with zero attached hydrogens (tertiary/aromatic N) is 1. The SMILES string of the molecule is CCC(=O)N(C)[C@@H](C)c1ccc(S(C)(=O)=O)cc1. The van der Waals surface area contributed by atoms with Gasteiger partial charge in [0.15, 0.2) is 9.84 Å². The molecule has 0 spiro atoms. The molecule has 1 aromatic rings. The molecule has 0 bridgehead atoms. The van der Waals surface area contributed by atoms with Gasteiger partial charge in [0, 0.05) is 19.7 Å². The lowest BCUT2D eigenvalue weighted by molar-refractivity contribution is -0.131. The zero-order chi connectivity index (χ0) is 13.9. The molecule has 1 aromatic carbocycles. The summed E-state index contributed by atoms with van der Waals surface area (Å²) in [7, 11) is -1.42. The second kappa shape index (κ2) is 5.52. The van der Waals surface area contributed by atoms with E-state index in [1.54, 1.807) is 36.2 Å². The monoisotopic (exact) mass is 269 g/mol. The molecule has 0 radical (unpaired) electrons. The molecular weight excluding hydrogens is 250 g/mol. The van der Waals surface area contributed by atoms with Crippen molar-refractivity contribution in [1.82, 2.24) is 4.90 Å². The molecule has 1 rings (SSSR count). The molecule has 0 aliphatic carbocycles. The van der Waals surface area contributed by atoms with Gasteiger partial charge in [0.05, 0.1) is 10.9 Å². The summed E-state index contributed by atoms with van der Waals surface area (Å²) in [5.74, 6) is 0.0645. The normalized spacial score (nSPS) is 13.1. The number of hydrogen-bond donors (Lipinski definition) is 0. The molecule has 1 amide bonds. The first-order chi connectivity index (χ1) is 8.27. The van der Waals surface area contributed by atoms with Crippen LogP contribution in [0.25, 0.3) is 0 Å². The lowest BCUT2D eigenvalue weighted by Crippen LogP contribution is -2.28. The molecule has 0 heterocycles. The lowest BCUT2D eigenvalue weighted by atomic mass is 10.1. The number of hydrogen-bond acceptors (Lipinski definition) is 3. The molecule has 0 saturated heterocycles. The van der Waals surface area contributed by atoms with Crippen LogP contribution >= 0.6 is 0 Å². The van der Waals surface area contributed by atoms with Gasteiger partial charge >= 0.3 is 0 Å². The molecule has 0 aromatic heterocycles. The van der Waals surface area contributed by atoms with E-state index < -0.39 is 9.84 Å². The first-order valence-electron chi connectivity index (χ1n) is 5.83. The summed E-state index contributed by atoms with van der Waals surface area (Å²) < 4.78 is 22.7. The van der Waals surface area contributed by atoms with E-state index in [1.165, 1.54) is 6.26 Å². The van der Waals surface area contributed by atoms with Crippen LogP contribution in [0.1, 0.15) is 31.9 Å². The van der Waals surface area contributed by atoms with E-state index in [2.05, 4.69) is 0 Å². The smallest absolute Gasteiger partial charge is 0.222 e. The Morgan fingerprint density at radius 1 is 1.28 bits per heavy atom. The van der Waals surface area contributed by atoms with E-state index in [-0.39, 0.29) is 11.9 Å². The Labute approximate surface area is 109 Å². The average molecular weight is 269 g/mol. The molecule has 18 heavy (non-hydrogen) atoms. The molecule has 4 nitrogen and oxygen atoms in total. The fourth-order valence-corrected chi connectivity index (χ4v) is 2.31. The maximum atomic E-state index is 11.6. The second-order valence-electron chi connectivity index (χ2n) is 4.38. The summed E-state index contributed by atoms with van der Waals surface area (Å²) in [6, 6.07) is 6.59. The van der Waals surface area contributed by atoms with Gasteiger partial charge in [0.2, 0.25) is 5.91 Å². The molecule has 0 fully saturated rings. The molecule has 0 aliphatic rings. The van der Waals surface area contributed by atoms with Gasteiger partial charge in [-0.25, -0.2) is 8.42 Å². The summed E-state index contributed by atoms with van der Waals surface area (Å²) in [5.41, 5.74) is 0.923. The highest BCUT2D eigenvalue weighted by Gasteiger charge is 2.16. The van der Waals surface area contributed by atoms with E-state index in [0.717, 1.165) is 5.56 Å². The Hall–Kier alpha value is -1.36. The van der Waals surface area contributed by atoms with Crippen LogP contribution in [0.3, 0.4) is 0 Å². The van der Waals surface area contributed by atoms with Crippen LogP contribution in [0.15, 0.2) is 29.2 Å². The zero-order valence-electron chi connectivity index (χ0n) is 11.2. The van der Waals surface area contributed by atoms with Crippen molar-refractivity contribution in [1.29, 1.82) is 0 Å². The maximum absolute atomic E-state index is 11.6. The summed E-state index contributed by atoms with van der Waals surface area (Å²) in [5, 5.41) is 0. The highest BCUT2D eigenvalue weighted by Crippen LogP contribution is 2.21. The number of sulfone groups is 1. The quantitative estimate of drug-likeness (QED) is 0.840. The van der Waals surface area contributed by atoms with Gasteiger partial charge in [0.25, 0.3) is 0 Å². The van der Waals surface area contributed by atoms with E-state index >= 15 is 0 Å². The first-order valence-corrected chi connectivity index (χ1v) is 7.72. The molecule has 5 heteroatoms. The fraction of sp³-hybridized carbons (Fsp3) is 0.462. The summed E-state index contributed by atoms with van der Waals surface area (Å²) in [6.07, 6.45) is 1.64.